The molecule has 0 aliphatic carbocycles. The monoisotopic (exact) mass is 282 g/mol. The largest absolute Gasteiger partial charge is 0.444 e. The molecule has 1 fully saturated rings. The smallest absolute Gasteiger partial charge is 0.410 e. The molecule has 5 heteroatoms. The Morgan fingerprint density at radius 2 is 2.00 bits per heavy atom. The van der Waals surface area contributed by atoms with Crippen LogP contribution in [-0.4, -0.2) is 54.1 Å². The van der Waals surface area contributed by atoms with Gasteiger partial charge in [0, 0.05) is 26.7 Å². The lowest BCUT2D eigenvalue weighted by Gasteiger charge is -2.25. The maximum absolute atomic E-state index is 12.2. The summed E-state index contributed by atoms with van der Waals surface area (Å²) in [6, 6.07) is 0. The summed E-state index contributed by atoms with van der Waals surface area (Å²) >= 11 is 0. The van der Waals surface area contributed by atoms with E-state index in [4.69, 9.17) is 4.74 Å². The molecule has 0 aromatic rings. The predicted molar refractivity (Wildman–Crippen MR) is 78.4 cm³/mol. The molecule has 0 N–H and O–H groups in total. The first-order valence-corrected chi connectivity index (χ1v) is 6.97. The summed E-state index contributed by atoms with van der Waals surface area (Å²) in [4.78, 5) is 27.5. The molecular formula is C15H26N2O3. The van der Waals surface area contributed by atoms with E-state index >= 15 is 0 Å². The average Bonchev–Trinajstić information content (AvgIpc) is 2.73. The summed E-state index contributed by atoms with van der Waals surface area (Å²) in [6.07, 6.45) is 0.355. The highest BCUT2D eigenvalue weighted by Gasteiger charge is 2.34. The molecule has 20 heavy (non-hydrogen) atoms. The highest BCUT2D eigenvalue weighted by atomic mass is 16.6. The van der Waals surface area contributed by atoms with Crippen molar-refractivity contribution in [2.24, 2.45) is 5.92 Å². The zero-order chi connectivity index (χ0) is 15.5. The lowest BCUT2D eigenvalue weighted by atomic mass is 10.1. The molecule has 114 valence electrons. The van der Waals surface area contributed by atoms with Gasteiger partial charge in [0.15, 0.2) is 0 Å². The van der Waals surface area contributed by atoms with Crippen molar-refractivity contribution in [2.75, 3.05) is 26.7 Å². The van der Waals surface area contributed by atoms with E-state index in [-0.39, 0.29) is 17.9 Å². The molecule has 0 aromatic carbocycles. The fraction of sp³-hybridized carbons (Fsp3) is 0.733. The third-order valence-electron chi connectivity index (χ3n) is 3.07. The second-order valence-corrected chi connectivity index (χ2v) is 6.56. The minimum absolute atomic E-state index is 0.0686. The van der Waals surface area contributed by atoms with Crippen LogP contribution in [0.4, 0.5) is 4.79 Å². The summed E-state index contributed by atoms with van der Waals surface area (Å²) in [5.74, 6) is -0.0640. The van der Waals surface area contributed by atoms with Gasteiger partial charge in [-0.1, -0.05) is 12.2 Å². The number of rotatable bonds is 3. The van der Waals surface area contributed by atoms with E-state index in [0.29, 0.717) is 26.1 Å². The number of hydrogen-bond donors (Lipinski definition) is 0. The van der Waals surface area contributed by atoms with Gasteiger partial charge in [0.2, 0.25) is 5.91 Å². The summed E-state index contributed by atoms with van der Waals surface area (Å²) in [6.45, 7) is 12.8. The molecule has 1 aliphatic heterocycles. The van der Waals surface area contributed by atoms with E-state index < -0.39 is 5.60 Å². The molecule has 0 aromatic heterocycles. The molecule has 0 unspecified atom stereocenters. The van der Waals surface area contributed by atoms with Crippen LogP contribution >= 0.6 is 0 Å². The molecule has 5 nitrogen and oxygen atoms in total. The Balaban J connectivity index is 2.53. The maximum atomic E-state index is 12.2. The Hall–Kier alpha value is -1.52. The molecular weight excluding hydrogens is 256 g/mol. The van der Waals surface area contributed by atoms with Crippen molar-refractivity contribution >= 4 is 12.0 Å². The van der Waals surface area contributed by atoms with Crippen LogP contribution in [0.15, 0.2) is 12.2 Å². The van der Waals surface area contributed by atoms with Crippen molar-refractivity contribution in [3.8, 4) is 0 Å². The summed E-state index contributed by atoms with van der Waals surface area (Å²) in [5, 5.41) is 0. The Morgan fingerprint density at radius 1 is 1.40 bits per heavy atom. The fourth-order valence-corrected chi connectivity index (χ4v) is 2.25. The zero-order valence-corrected chi connectivity index (χ0v) is 13.2. The first-order chi connectivity index (χ1) is 9.10. The second-order valence-electron chi connectivity index (χ2n) is 6.56. The molecule has 1 atom stereocenters. The standard InChI is InChI=1S/C15H26N2O3/c1-11(2)9-16(6)13(18)12-7-8-17(10-12)14(19)20-15(3,4)5/h12H,1,7-10H2,2-6H3/t12-/m1/s1. The van der Waals surface area contributed by atoms with Crippen LogP contribution < -0.4 is 0 Å². The normalized spacial score (nSPS) is 18.9. The van der Waals surface area contributed by atoms with Crippen LogP contribution in [0.2, 0.25) is 0 Å². The minimum atomic E-state index is -0.504. The Kier molecular flexibility index (Phi) is 5.20. The number of carbonyl (C=O) groups excluding carboxylic acids is 2. The van der Waals surface area contributed by atoms with Crippen LogP contribution in [0, 0.1) is 5.92 Å². The SMILES string of the molecule is C=C(C)CN(C)C(=O)[C@@H]1CCN(C(=O)OC(C)(C)C)C1. The lowest BCUT2D eigenvalue weighted by Crippen LogP contribution is -2.38. The molecule has 2 amide bonds. The van der Waals surface area contributed by atoms with E-state index in [1.54, 1.807) is 16.8 Å². The summed E-state index contributed by atoms with van der Waals surface area (Å²) < 4.78 is 5.32. The summed E-state index contributed by atoms with van der Waals surface area (Å²) in [5.41, 5.74) is 0.443. The first kappa shape index (κ1) is 16.5. The van der Waals surface area contributed by atoms with Gasteiger partial charge in [-0.15, -0.1) is 0 Å². The molecule has 0 spiro atoms. The number of nitrogens with zero attached hydrogens (tertiary/aromatic N) is 2. The van der Waals surface area contributed by atoms with Crippen molar-refractivity contribution in [3.05, 3.63) is 12.2 Å². The van der Waals surface area contributed by atoms with Gasteiger partial charge in [0.1, 0.15) is 5.60 Å². The van der Waals surface area contributed by atoms with E-state index in [2.05, 4.69) is 6.58 Å². The van der Waals surface area contributed by atoms with Crippen molar-refractivity contribution < 1.29 is 14.3 Å². The summed E-state index contributed by atoms with van der Waals surface area (Å²) in [7, 11) is 1.77. The van der Waals surface area contributed by atoms with Gasteiger partial charge < -0.3 is 14.5 Å². The molecule has 0 bridgehead atoms. The number of likely N-dealkylation sites (tertiary alicyclic amines) is 1. The quantitative estimate of drug-likeness (QED) is 0.746. The van der Waals surface area contributed by atoms with Crippen molar-refractivity contribution in [3.63, 3.8) is 0 Å². The first-order valence-electron chi connectivity index (χ1n) is 6.97. The van der Waals surface area contributed by atoms with Gasteiger partial charge in [-0.3, -0.25) is 4.79 Å². The maximum Gasteiger partial charge on any atom is 0.410 e. The van der Waals surface area contributed by atoms with Crippen LogP contribution in [0.3, 0.4) is 0 Å². The number of ether oxygens (including phenoxy) is 1. The van der Waals surface area contributed by atoms with Crippen LogP contribution in [0.5, 0.6) is 0 Å². The molecule has 1 saturated heterocycles. The third kappa shape index (κ3) is 4.87. The van der Waals surface area contributed by atoms with Crippen LogP contribution in [0.25, 0.3) is 0 Å². The molecule has 1 aliphatic rings. The van der Waals surface area contributed by atoms with E-state index in [9.17, 15) is 9.59 Å². The fourth-order valence-electron chi connectivity index (χ4n) is 2.25. The van der Waals surface area contributed by atoms with Gasteiger partial charge >= 0.3 is 6.09 Å². The highest BCUT2D eigenvalue weighted by molar-refractivity contribution is 5.80. The van der Waals surface area contributed by atoms with Crippen molar-refractivity contribution in [1.82, 2.24) is 9.80 Å². The van der Waals surface area contributed by atoms with Gasteiger partial charge in [-0.25, -0.2) is 4.79 Å². The second kappa shape index (κ2) is 6.29. The van der Waals surface area contributed by atoms with Crippen LogP contribution in [-0.2, 0) is 9.53 Å². The predicted octanol–water partition coefficient (Wildman–Crippen LogP) is 2.28. The lowest BCUT2D eigenvalue weighted by molar-refractivity contribution is -0.133. The zero-order valence-electron chi connectivity index (χ0n) is 13.2. The molecule has 0 saturated carbocycles. The highest BCUT2D eigenvalue weighted by Crippen LogP contribution is 2.21. The number of carbonyl (C=O) groups is 2. The van der Waals surface area contributed by atoms with E-state index in [0.717, 1.165) is 5.57 Å². The topological polar surface area (TPSA) is 49.9 Å². The van der Waals surface area contributed by atoms with Gasteiger partial charge in [-0.2, -0.15) is 0 Å². The average molecular weight is 282 g/mol. The number of amides is 2. The van der Waals surface area contributed by atoms with Crippen LogP contribution in [0.1, 0.15) is 34.1 Å². The van der Waals surface area contributed by atoms with Crippen molar-refractivity contribution in [2.45, 2.75) is 39.7 Å². The van der Waals surface area contributed by atoms with Gasteiger partial charge in [0.05, 0.1) is 5.92 Å². The van der Waals surface area contributed by atoms with Gasteiger partial charge in [-0.05, 0) is 34.1 Å². The molecule has 1 heterocycles. The van der Waals surface area contributed by atoms with Crippen molar-refractivity contribution in [1.29, 1.82) is 0 Å². The van der Waals surface area contributed by atoms with E-state index in [1.807, 2.05) is 27.7 Å². The molecule has 1 rings (SSSR count). The number of hydrogen-bond acceptors (Lipinski definition) is 3. The Labute approximate surface area is 121 Å². The van der Waals surface area contributed by atoms with E-state index in [1.165, 1.54) is 0 Å². The van der Waals surface area contributed by atoms with Gasteiger partial charge in [0.25, 0.3) is 0 Å². The Bertz CT molecular complexity index is 398. The minimum Gasteiger partial charge on any atom is -0.444 e. The Morgan fingerprint density at radius 3 is 2.50 bits per heavy atom. The molecule has 0 radical (unpaired) electrons. The third-order valence-corrected chi connectivity index (χ3v) is 3.07. The number of likely N-dealkylation sites (N-methyl/N-ethyl adjacent to an activating group) is 1.